The summed E-state index contributed by atoms with van der Waals surface area (Å²) in [5.41, 5.74) is 4.04. The van der Waals surface area contributed by atoms with E-state index in [-0.39, 0.29) is 18.5 Å². The van der Waals surface area contributed by atoms with Gasteiger partial charge in [-0.05, 0) is 56.0 Å². The van der Waals surface area contributed by atoms with Gasteiger partial charge in [-0.15, -0.1) is 0 Å². The Labute approximate surface area is 187 Å². The van der Waals surface area contributed by atoms with Gasteiger partial charge in [0.1, 0.15) is 5.82 Å². The van der Waals surface area contributed by atoms with E-state index in [9.17, 15) is 9.50 Å². The lowest BCUT2D eigenvalue weighted by Gasteiger charge is -2.26. The van der Waals surface area contributed by atoms with E-state index < -0.39 is 0 Å². The molecule has 2 aliphatic heterocycles. The average Bonchev–Trinajstić information content (AvgIpc) is 3.57. The monoisotopic (exact) mass is 436 g/mol. The fourth-order valence-corrected chi connectivity index (χ4v) is 4.93. The van der Waals surface area contributed by atoms with Gasteiger partial charge in [-0.2, -0.15) is 5.10 Å². The minimum Gasteiger partial charge on any atom is -0.394 e. The number of halogens is 1. The third kappa shape index (κ3) is 4.25. The van der Waals surface area contributed by atoms with E-state index in [0.29, 0.717) is 6.54 Å². The lowest BCUT2D eigenvalue weighted by Crippen LogP contribution is -2.26. The van der Waals surface area contributed by atoms with Crippen LogP contribution in [0.3, 0.4) is 0 Å². The molecule has 0 aliphatic carbocycles. The first-order chi connectivity index (χ1) is 15.7. The molecule has 0 saturated carbocycles. The highest BCUT2D eigenvalue weighted by molar-refractivity contribution is 5.63. The first-order valence-corrected chi connectivity index (χ1v) is 11.5. The van der Waals surface area contributed by atoms with E-state index in [1.807, 2.05) is 35.3 Å². The highest BCUT2D eigenvalue weighted by Crippen LogP contribution is 2.38. The van der Waals surface area contributed by atoms with Gasteiger partial charge in [0, 0.05) is 31.4 Å². The maximum atomic E-state index is 13.4. The minimum absolute atomic E-state index is 0.0294. The number of anilines is 1. The predicted octanol–water partition coefficient (Wildman–Crippen LogP) is 3.41. The number of hydrogen-bond acceptors (Lipinski definition) is 6. The van der Waals surface area contributed by atoms with E-state index in [1.54, 1.807) is 0 Å². The van der Waals surface area contributed by atoms with Crippen LogP contribution in [0.25, 0.3) is 11.3 Å². The van der Waals surface area contributed by atoms with E-state index in [4.69, 9.17) is 4.98 Å². The topological polar surface area (TPSA) is 70.3 Å². The molecule has 168 valence electrons. The number of rotatable bonds is 7. The van der Waals surface area contributed by atoms with Gasteiger partial charge in [-0.1, -0.05) is 12.1 Å². The Balaban J connectivity index is 1.48. The first-order valence-electron chi connectivity index (χ1n) is 11.5. The van der Waals surface area contributed by atoms with Gasteiger partial charge in [0.25, 0.3) is 0 Å². The predicted molar refractivity (Wildman–Crippen MR) is 121 cm³/mol. The standard InChI is InChI=1S/C24H29FN6O/c25-19-7-5-18(6-8-19)17-30-13-3-4-22(30)23-20(16-27-31(23)14-15-32)21-9-10-26-24(28-21)29-11-1-2-12-29/h5-10,16,22,32H,1-4,11-15,17H2/t22-/m1/s1. The zero-order valence-electron chi connectivity index (χ0n) is 18.2. The summed E-state index contributed by atoms with van der Waals surface area (Å²) >= 11 is 0. The first kappa shape index (κ1) is 21.0. The summed E-state index contributed by atoms with van der Waals surface area (Å²) in [6.45, 7) is 4.18. The van der Waals surface area contributed by atoms with Crippen molar-refractivity contribution in [2.45, 2.75) is 44.8 Å². The van der Waals surface area contributed by atoms with Crippen molar-refractivity contribution in [1.82, 2.24) is 24.6 Å². The second-order valence-corrected chi connectivity index (χ2v) is 8.58. The average molecular weight is 437 g/mol. The van der Waals surface area contributed by atoms with Gasteiger partial charge < -0.3 is 10.0 Å². The van der Waals surface area contributed by atoms with Crippen molar-refractivity contribution < 1.29 is 9.50 Å². The molecule has 5 rings (SSSR count). The summed E-state index contributed by atoms with van der Waals surface area (Å²) in [4.78, 5) is 14.0. The molecule has 4 heterocycles. The quantitative estimate of drug-likeness (QED) is 0.612. The van der Waals surface area contributed by atoms with Gasteiger partial charge in [0.05, 0.1) is 36.8 Å². The molecule has 2 saturated heterocycles. The number of aliphatic hydroxyl groups is 1. The Morgan fingerprint density at radius 1 is 1.03 bits per heavy atom. The normalized spacial score (nSPS) is 19.2. The zero-order valence-corrected chi connectivity index (χ0v) is 18.2. The highest BCUT2D eigenvalue weighted by atomic mass is 19.1. The molecule has 0 unspecified atom stereocenters. The molecule has 32 heavy (non-hydrogen) atoms. The van der Waals surface area contributed by atoms with E-state index in [2.05, 4.69) is 19.9 Å². The van der Waals surface area contributed by atoms with Gasteiger partial charge in [-0.3, -0.25) is 9.58 Å². The largest absolute Gasteiger partial charge is 0.394 e. The molecule has 1 aromatic carbocycles. The number of likely N-dealkylation sites (tertiary alicyclic amines) is 1. The maximum absolute atomic E-state index is 13.4. The zero-order chi connectivity index (χ0) is 21.9. The Kier molecular flexibility index (Phi) is 6.14. The Morgan fingerprint density at radius 2 is 1.84 bits per heavy atom. The Hall–Kier alpha value is -2.84. The second-order valence-electron chi connectivity index (χ2n) is 8.58. The molecule has 3 aromatic rings. The van der Waals surface area contributed by atoms with Gasteiger partial charge in [-0.25, -0.2) is 14.4 Å². The van der Waals surface area contributed by atoms with Crippen LogP contribution in [0, 0.1) is 5.82 Å². The van der Waals surface area contributed by atoms with Crippen LogP contribution in [0.4, 0.5) is 10.3 Å². The lowest BCUT2D eigenvalue weighted by molar-refractivity contribution is 0.226. The van der Waals surface area contributed by atoms with Crippen molar-refractivity contribution in [3.63, 3.8) is 0 Å². The molecule has 0 amide bonds. The van der Waals surface area contributed by atoms with Crippen LogP contribution in [0.15, 0.2) is 42.7 Å². The lowest BCUT2D eigenvalue weighted by atomic mass is 10.0. The number of aromatic nitrogens is 4. The smallest absolute Gasteiger partial charge is 0.225 e. The van der Waals surface area contributed by atoms with Crippen LogP contribution in [0.1, 0.15) is 43.0 Å². The third-order valence-electron chi connectivity index (χ3n) is 6.48. The van der Waals surface area contributed by atoms with Crippen LogP contribution < -0.4 is 4.90 Å². The summed E-state index contributed by atoms with van der Waals surface area (Å²) < 4.78 is 15.3. The van der Waals surface area contributed by atoms with Crippen LogP contribution in [0.2, 0.25) is 0 Å². The van der Waals surface area contributed by atoms with Crippen LogP contribution in [0.5, 0.6) is 0 Å². The SMILES string of the molecule is OCCn1ncc(-c2ccnc(N3CCCC3)n2)c1[C@H]1CCCN1Cc1ccc(F)cc1. The van der Waals surface area contributed by atoms with E-state index >= 15 is 0 Å². The second kappa shape index (κ2) is 9.34. The van der Waals surface area contributed by atoms with Crippen molar-refractivity contribution >= 4 is 5.95 Å². The van der Waals surface area contributed by atoms with E-state index in [0.717, 1.165) is 67.5 Å². The number of benzene rings is 1. The van der Waals surface area contributed by atoms with Crippen LogP contribution in [-0.2, 0) is 13.1 Å². The molecule has 0 spiro atoms. The van der Waals surface area contributed by atoms with Crippen molar-refractivity contribution in [1.29, 1.82) is 0 Å². The molecular weight excluding hydrogens is 407 g/mol. The molecule has 1 N–H and O–H groups in total. The van der Waals surface area contributed by atoms with Crippen molar-refractivity contribution in [2.75, 3.05) is 31.1 Å². The molecule has 8 heteroatoms. The van der Waals surface area contributed by atoms with Crippen molar-refractivity contribution in [3.8, 4) is 11.3 Å². The summed E-state index contributed by atoms with van der Waals surface area (Å²) in [7, 11) is 0. The molecule has 7 nitrogen and oxygen atoms in total. The van der Waals surface area contributed by atoms with Gasteiger partial charge in [0.15, 0.2) is 0 Å². The maximum Gasteiger partial charge on any atom is 0.225 e. The Morgan fingerprint density at radius 3 is 2.62 bits per heavy atom. The number of hydrogen-bond donors (Lipinski definition) is 1. The van der Waals surface area contributed by atoms with Crippen molar-refractivity contribution in [2.24, 2.45) is 0 Å². The molecule has 2 aliphatic rings. The van der Waals surface area contributed by atoms with Gasteiger partial charge in [0.2, 0.25) is 5.95 Å². The fourth-order valence-electron chi connectivity index (χ4n) is 4.93. The highest BCUT2D eigenvalue weighted by Gasteiger charge is 2.32. The summed E-state index contributed by atoms with van der Waals surface area (Å²) in [5, 5.41) is 14.3. The molecular formula is C24H29FN6O. The molecule has 2 fully saturated rings. The molecule has 0 bridgehead atoms. The number of nitrogens with zero attached hydrogens (tertiary/aromatic N) is 6. The Bertz CT molecular complexity index is 1050. The van der Waals surface area contributed by atoms with Crippen molar-refractivity contribution in [3.05, 3.63) is 59.8 Å². The molecule has 0 radical (unpaired) electrons. The molecule has 1 atom stereocenters. The third-order valence-corrected chi connectivity index (χ3v) is 6.48. The van der Waals surface area contributed by atoms with Crippen LogP contribution >= 0.6 is 0 Å². The molecule has 2 aromatic heterocycles. The van der Waals surface area contributed by atoms with E-state index in [1.165, 1.54) is 25.0 Å². The minimum atomic E-state index is -0.215. The number of aliphatic hydroxyl groups excluding tert-OH is 1. The summed E-state index contributed by atoms with van der Waals surface area (Å²) in [6.07, 6.45) is 8.14. The summed E-state index contributed by atoms with van der Waals surface area (Å²) in [6, 6.07) is 8.84. The fraction of sp³-hybridized carbons (Fsp3) is 0.458. The van der Waals surface area contributed by atoms with Crippen LogP contribution in [-0.4, -0.2) is 56.0 Å². The van der Waals surface area contributed by atoms with Gasteiger partial charge >= 0.3 is 0 Å². The summed E-state index contributed by atoms with van der Waals surface area (Å²) in [5.74, 6) is 0.558.